The minimum absolute atomic E-state index is 0.349. The molecular formula is C12H14OS2. The first-order valence-electron chi connectivity index (χ1n) is 4.93. The van der Waals surface area contributed by atoms with E-state index >= 15 is 0 Å². The number of hydrogen-bond acceptors (Lipinski definition) is 3. The molecule has 0 spiro atoms. The Bertz CT molecular complexity index is 442. The van der Waals surface area contributed by atoms with Crippen molar-refractivity contribution < 1.29 is 5.11 Å². The molecule has 0 radical (unpaired) electrons. The van der Waals surface area contributed by atoms with Gasteiger partial charge in [0.1, 0.15) is 0 Å². The van der Waals surface area contributed by atoms with Crippen LogP contribution in [0.3, 0.4) is 0 Å². The van der Waals surface area contributed by atoms with Crippen LogP contribution in [0.15, 0.2) is 22.9 Å². The van der Waals surface area contributed by atoms with Crippen LogP contribution in [0.25, 0.3) is 0 Å². The molecule has 1 unspecified atom stereocenters. The van der Waals surface area contributed by atoms with Crippen molar-refractivity contribution >= 4 is 22.7 Å². The van der Waals surface area contributed by atoms with Gasteiger partial charge in [0.2, 0.25) is 0 Å². The molecule has 0 aliphatic carbocycles. The topological polar surface area (TPSA) is 20.2 Å². The molecule has 2 aromatic rings. The molecule has 2 aromatic heterocycles. The van der Waals surface area contributed by atoms with Crippen LogP contribution in [0.1, 0.15) is 27.0 Å². The van der Waals surface area contributed by atoms with Gasteiger partial charge in [-0.3, -0.25) is 0 Å². The summed E-state index contributed by atoms with van der Waals surface area (Å²) in [6.45, 7) is 4.16. The second-order valence-corrected chi connectivity index (χ2v) is 5.76. The van der Waals surface area contributed by atoms with Gasteiger partial charge in [-0.15, -0.1) is 22.7 Å². The van der Waals surface area contributed by atoms with Gasteiger partial charge in [-0.2, -0.15) is 0 Å². The first-order chi connectivity index (χ1) is 7.18. The highest BCUT2D eigenvalue weighted by molar-refractivity contribution is 7.10. The maximum absolute atomic E-state index is 10.1. The predicted octanol–water partition coefficient (Wildman–Crippen LogP) is 3.70. The van der Waals surface area contributed by atoms with Crippen LogP contribution < -0.4 is 0 Å². The van der Waals surface area contributed by atoms with E-state index in [1.165, 1.54) is 16.0 Å². The Balaban J connectivity index is 2.14. The molecule has 2 rings (SSSR count). The molecule has 1 atom stereocenters. The summed E-state index contributed by atoms with van der Waals surface area (Å²) in [5, 5.41) is 14.2. The zero-order valence-electron chi connectivity index (χ0n) is 8.86. The predicted molar refractivity (Wildman–Crippen MR) is 66.8 cm³/mol. The molecule has 0 aliphatic rings. The quantitative estimate of drug-likeness (QED) is 0.864. The van der Waals surface area contributed by atoms with Crippen LogP contribution >= 0.6 is 22.7 Å². The van der Waals surface area contributed by atoms with Crippen molar-refractivity contribution in [3.05, 3.63) is 43.8 Å². The summed E-state index contributed by atoms with van der Waals surface area (Å²) < 4.78 is 0. The van der Waals surface area contributed by atoms with Gasteiger partial charge in [-0.25, -0.2) is 0 Å². The zero-order chi connectivity index (χ0) is 10.8. The average molecular weight is 238 g/mol. The minimum atomic E-state index is -0.349. The van der Waals surface area contributed by atoms with Crippen molar-refractivity contribution in [3.8, 4) is 0 Å². The molecule has 3 heteroatoms. The molecule has 0 fully saturated rings. The third kappa shape index (κ3) is 2.30. The lowest BCUT2D eigenvalue weighted by Crippen LogP contribution is -2.00. The molecule has 0 saturated carbocycles. The Morgan fingerprint density at radius 2 is 1.93 bits per heavy atom. The third-order valence-electron chi connectivity index (χ3n) is 2.58. The number of rotatable bonds is 3. The molecule has 1 nitrogen and oxygen atoms in total. The van der Waals surface area contributed by atoms with Gasteiger partial charge in [0.25, 0.3) is 0 Å². The Morgan fingerprint density at radius 3 is 2.47 bits per heavy atom. The molecule has 1 N–H and O–H groups in total. The highest BCUT2D eigenvalue weighted by atomic mass is 32.1. The van der Waals surface area contributed by atoms with Crippen molar-refractivity contribution in [1.29, 1.82) is 0 Å². The fourth-order valence-corrected chi connectivity index (χ4v) is 3.30. The number of aliphatic hydroxyl groups excluding tert-OH is 1. The van der Waals surface area contributed by atoms with E-state index in [0.717, 1.165) is 11.3 Å². The van der Waals surface area contributed by atoms with Crippen LogP contribution in [0.4, 0.5) is 0 Å². The smallest absolute Gasteiger partial charge is 0.0925 e. The van der Waals surface area contributed by atoms with Crippen molar-refractivity contribution in [1.82, 2.24) is 0 Å². The van der Waals surface area contributed by atoms with E-state index in [4.69, 9.17) is 0 Å². The Kier molecular flexibility index (Phi) is 3.24. The second kappa shape index (κ2) is 4.47. The number of hydrogen-bond donors (Lipinski definition) is 1. The summed E-state index contributed by atoms with van der Waals surface area (Å²) in [7, 11) is 0. The lowest BCUT2D eigenvalue weighted by atomic mass is 10.1. The summed E-state index contributed by atoms with van der Waals surface area (Å²) in [4.78, 5) is 2.41. The molecule has 80 valence electrons. The zero-order valence-corrected chi connectivity index (χ0v) is 10.5. The average Bonchev–Trinajstić information content (AvgIpc) is 2.76. The summed E-state index contributed by atoms with van der Waals surface area (Å²) in [5.74, 6) is 0. The second-order valence-electron chi connectivity index (χ2n) is 3.69. The van der Waals surface area contributed by atoms with E-state index in [0.29, 0.717) is 0 Å². The normalized spacial score (nSPS) is 13.0. The van der Waals surface area contributed by atoms with Crippen LogP contribution in [-0.2, 0) is 6.42 Å². The first-order valence-corrected chi connectivity index (χ1v) is 6.69. The van der Waals surface area contributed by atoms with Crippen molar-refractivity contribution in [3.63, 3.8) is 0 Å². The largest absolute Gasteiger partial charge is 0.387 e. The van der Waals surface area contributed by atoms with Gasteiger partial charge in [-0.1, -0.05) is 0 Å². The fourth-order valence-electron chi connectivity index (χ4n) is 1.65. The van der Waals surface area contributed by atoms with Gasteiger partial charge >= 0.3 is 0 Å². The monoisotopic (exact) mass is 238 g/mol. The molecule has 0 aliphatic heterocycles. The van der Waals surface area contributed by atoms with Crippen molar-refractivity contribution in [2.24, 2.45) is 0 Å². The summed E-state index contributed by atoms with van der Waals surface area (Å²) in [6, 6.07) is 4.16. The third-order valence-corrected chi connectivity index (χ3v) is 4.59. The molecule has 0 saturated heterocycles. The number of aryl methyl sites for hydroxylation is 2. The fraction of sp³-hybridized carbons (Fsp3) is 0.333. The standard InChI is InChI=1S/C12H14OS2/c1-8-3-5-15-12(8)11(13)7-10-4-6-14-9(10)2/h3-6,11,13H,7H2,1-2H3. The summed E-state index contributed by atoms with van der Waals surface area (Å²) in [6.07, 6.45) is 0.384. The van der Waals surface area contributed by atoms with Gasteiger partial charge in [0, 0.05) is 16.2 Å². The van der Waals surface area contributed by atoms with Gasteiger partial charge in [0.05, 0.1) is 6.10 Å². The lowest BCUT2D eigenvalue weighted by Gasteiger charge is -2.09. The lowest BCUT2D eigenvalue weighted by molar-refractivity contribution is 0.181. The van der Waals surface area contributed by atoms with E-state index in [9.17, 15) is 5.11 Å². The van der Waals surface area contributed by atoms with E-state index in [2.05, 4.69) is 31.4 Å². The molecule has 0 aromatic carbocycles. The summed E-state index contributed by atoms with van der Waals surface area (Å²) >= 11 is 3.38. The van der Waals surface area contributed by atoms with Crippen LogP contribution in [0.5, 0.6) is 0 Å². The number of thiophene rings is 2. The molecule has 15 heavy (non-hydrogen) atoms. The Morgan fingerprint density at radius 1 is 1.20 bits per heavy atom. The Labute approximate surface area is 98.0 Å². The molecule has 0 bridgehead atoms. The minimum Gasteiger partial charge on any atom is -0.387 e. The molecular weight excluding hydrogens is 224 g/mol. The van der Waals surface area contributed by atoms with Gasteiger partial charge in [0.15, 0.2) is 0 Å². The highest BCUT2D eigenvalue weighted by Crippen LogP contribution is 2.28. The van der Waals surface area contributed by atoms with Crippen LogP contribution in [0, 0.1) is 13.8 Å². The SMILES string of the molecule is Cc1ccsc1C(O)Cc1ccsc1C. The highest BCUT2D eigenvalue weighted by Gasteiger charge is 2.13. The van der Waals surface area contributed by atoms with Crippen molar-refractivity contribution in [2.75, 3.05) is 0 Å². The number of aliphatic hydroxyl groups is 1. The van der Waals surface area contributed by atoms with Crippen LogP contribution in [-0.4, -0.2) is 5.11 Å². The molecule has 0 amide bonds. The maximum Gasteiger partial charge on any atom is 0.0925 e. The van der Waals surface area contributed by atoms with Gasteiger partial charge < -0.3 is 5.11 Å². The van der Waals surface area contributed by atoms with Crippen molar-refractivity contribution in [2.45, 2.75) is 26.4 Å². The molecule has 2 heterocycles. The van der Waals surface area contributed by atoms with E-state index in [1.807, 2.05) is 5.38 Å². The van der Waals surface area contributed by atoms with E-state index < -0.39 is 0 Å². The Hall–Kier alpha value is -0.640. The maximum atomic E-state index is 10.1. The van der Waals surface area contributed by atoms with E-state index in [1.54, 1.807) is 22.7 Å². The van der Waals surface area contributed by atoms with Crippen LogP contribution in [0.2, 0.25) is 0 Å². The summed E-state index contributed by atoms with van der Waals surface area (Å²) in [5.41, 5.74) is 2.46. The first kappa shape index (κ1) is 10.9. The van der Waals surface area contributed by atoms with E-state index in [-0.39, 0.29) is 6.10 Å². The van der Waals surface area contributed by atoms with Gasteiger partial charge in [-0.05, 0) is 47.9 Å².